The molecule has 0 fully saturated rings. The number of amides is 2. The van der Waals surface area contributed by atoms with Gasteiger partial charge in [0, 0.05) is 6.21 Å². The molecule has 1 aliphatic rings. The molecule has 0 bridgehead atoms. The molecule has 2 rings (SSSR count). The Balaban J connectivity index is 2.31. The van der Waals surface area contributed by atoms with E-state index >= 15 is 0 Å². The molecule has 1 aromatic carbocycles. The largest absolute Gasteiger partial charge is 0.375 e. The van der Waals surface area contributed by atoms with Crippen molar-refractivity contribution in [2.45, 2.75) is 19.9 Å². The van der Waals surface area contributed by atoms with Crippen molar-refractivity contribution in [3.05, 3.63) is 35.4 Å². The van der Waals surface area contributed by atoms with Crippen LogP contribution in [0.1, 0.15) is 34.6 Å². The van der Waals surface area contributed by atoms with Crippen molar-refractivity contribution in [3.63, 3.8) is 0 Å². The number of hydrogen-bond acceptors (Lipinski definition) is 4. The smallest absolute Gasteiger partial charge is 0.262 e. The maximum Gasteiger partial charge on any atom is 0.262 e. The van der Waals surface area contributed by atoms with Gasteiger partial charge in [-0.2, -0.15) is 5.10 Å². The average molecular weight is 304 g/mol. The van der Waals surface area contributed by atoms with Crippen molar-refractivity contribution in [1.29, 1.82) is 0 Å². The van der Waals surface area contributed by atoms with E-state index in [9.17, 15) is 9.59 Å². The molecule has 0 saturated carbocycles. The van der Waals surface area contributed by atoms with Crippen LogP contribution in [0.5, 0.6) is 0 Å². The number of imide groups is 1. The average Bonchev–Trinajstić information content (AvgIpc) is 2.68. The fraction of sp³-hybridized carbons (Fsp3) is 0.286. The fourth-order valence-electron chi connectivity index (χ4n) is 2.19. The van der Waals surface area contributed by atoms with Crippen LogP contribution in [-0.4, -0.2) is 34.1 Å². The van der Waals surface area contributed by atoms with Gasteiger partial charge in [0.15, 0.2) is 5.11 Å². The molecular weight excluding hydrogens is 288 g/mol. The lowest BCUT2D eigenvalue weighted by Crippen LogP contribution is -2.44. The van der Waals surface area contributed by atoms with E-state index in [1.807, 2.05) is 13.8 Å². The van der Waals surface area contributed by atoms with Gasteiger partial charge in [0.1, 0.15) is 0 Å². The first kappa shape index (κ1) is 15.1. The summed E-state index contributed by atoms with van der Waals surface area (Å²) in [5.41, 5.74) is 8.57. The molecule has 21 heavy (non-hydrogen) atoms. The highest BCUT2D eigenvalue weighted by Gasteiger charge is 2.40. The summed E-state index contributed by atoms with van der Waals surface area (Å²) in [6.07, 6.45) is 1.48. The van der Waals surface area contributed by atoms with Crippen molar-refractivity contribution in [1.82, 2.24) is 10.3 Å². The van der Waals surface area contributed by atoms with E-state index in [0.717, 1.165) is 0 Å². The number of nitrogens with zero attached hydrogens (tertiary/aromatic N) is 2. The first-order valence-corrected chi connectivity index (χ1v) is 6.90. The Hall–Kier alpha value is -2.28. The van der Waals surface area contributed by atoms with Crippen LogP contribution in [0.4, 0.5) is 0 Å². The minimum atomic E-state index is -0.473. The zero-order valence-corrected chi connectivity index (χ0v) is 12.6. The molecule has 0 radical (unpaired) electrons. The number of hydrazone groups is 1. The molecule has 7 heteroatoms. The number of thiocarbonyl (C=S) groups is 1. The summed E-state index contributed by atoms with van der Waals surface area (Å²) in [7, 11) is 0. The zero-order valence-electron chi connectivity index (χ0n) is 11.7. The monoisotopic (exact) mass is 304 g/mol. The molecule has 2 amide bonds. The number of carbonyl (C=O) groups is 2. The molecule has 1 atom stereocenters. The molecule has 6 nitrogen and oxygen atoms in total. The van der Waals surface area contributed by atoms with Crippen LogP contribution in [0.25, 0.3) is 0 Å². The summed E-state index contributed by atoms with van der Waals surface area (Å²) >= 11 is 4.66. The number of benzene rings is 1. The maximum absolute atomic E-state index is 12.4. The SMILES string of the molecule is CC(C)C(/C=N/NC(N)=S)N1C(=O)c2ccccc2C1=O. The lowest BCUT2D eigenvalue weighted by Gasteiger charge is -2.25. The van der Waals surface area contributed by atoms with Crippen LogP contribution in [-0.2, 0) is 0 Å². The lowest BCUT2D eigenvalue weighted by molar-refractivity contribution is 0.0600. The number of rotatable bonds is 4. The summed E-state index contributed by atoms with van der Waals surface area (Å²) < 4.78 is 0. The van der Waals surface area contributed by atoms with Gasteiger partial charge in [-0.25, -0.2) is 0 Å². The van der Waals surface area contributed by atoms with Crippen LogP contribution in [0.15, 0.2) is 29.4 Å². The van der Waals surface area contributed by atoms with Gasteiger partial charge >= 0.3 is 0 Å². The Morgan fingerprint density at radius 2 is 1.81 bits per heavy atom. The maximum atomic E-state index is 12.4. The first-order valence-electron chi connectivity index (χ1n) is 6.49. The highest BCUT2D eigenvalue weighted by Crippen LogP contribution is 2.26. The predicted octanol–water partition coefficient (Wildman–Crippen LogP) is 1.13. The van der Waals surface area contributed by atoms with Gasteiger partial charge in [0.05, 0.1) is 17.2 Å². The van der Waals surface area contributed by atoms with Gasteiger partial charge in [0.25, 0.3) is 11.8 Å². The Morgan fingerprint density at radius 3 is 2.24 bits per heavy atom. The Kier molecular flexibility index (Phi) is 4.32. The normalized spacial score (nSPS) is 15.7. The molecule has 1 unspecified atom stereocenters. The molecule has 1 aromatic rings. The fourth-order valence-corrected chi connectivity index (χ4v) is 2.25. The number of hydrogen-bond donors (Lipinski definition) is 2. The van der Waals surface area contributed by atoms with Crippen molar-refractivity contribution in [3.8, 4) is 0 Å². The van der Waals surface area contributed by atoms with E-state index in [1.165, 1.54) is 11.1 Å². The molecule has 3 N–H and O–H groups in total. The third-order valence-electron chi connectivity index (χ3n) is 3.21. The lowest BCUT2D eigenvalue weighted by atomic mass is 10.0. The summed E-state index contributed by atoms with van der Waals surface area (Å²) in [6.45, 7) is 3.81. The van der Waals surface area contributed by atoms with Gasteiger partial charge in [-0.15, -0.1) is 0 Å². The van der Waals surface area contributed by atoms with Gasteiger partial charge in [-0.05, 0) is 30.3 Å². The molecule has 0 aromatic heterocycles. The minimum absolute atomic E-state index is 0.00380. The van der Waals surface area contributed by atoms with Gasteiger partial charge in [-0.3, -0.25) is 19.9 Å². The minimum Gasteiger partial charge on any atom is -0.375 e. The van der Waals surface area contributed by atoms with E-state index in [-0.39, 0.29) is 22.8 Å². The van der Waals surface area contributed by atoms with Crippen LogP contribution < -0.4 is 11.2 Å². The highest BCUT2D eigenvalue weighted by atomic mass is 32.1. The molecule has 1 heterocycles. The van der Waals surface area contributed by atoms with E-state index in [4.69, 9.17) is 5.73 Å². The molecule has 1 aliphatic heterocycles. The van der Waals surface area contributed by atoms with Crippen LogP contribution in [0.3, 0.4) is 0 Å². The Labute approximate surface area is 128 Å². The van der Waals surface area contributed by atoms with Crippen LogP contribution in [0, 0.1) is 5.92 Å². The number of nitrogens with one attached hydrogen (secondary N) is 1. The number of carbonyl (C=O) groups excluding carboxylic acids is 2. The molecule has 0 aliphatic carbocycles. The summed E-state index contributed by atoms with van der Waals surface area (Å²) in [6, 6.07) is 6.30. The second-order valence-electron chi connectivity index (χ2n) is 5.01. The van der Waals surface area contributed by atoms with Gasteiger partial charge in [0.2, 0.25) is 0 Å². The summed E-state index contributed by atoms with van der Waals surface area (Å²) in [5, 5.41) is 3.91. The van der Waals surface area contributed by atoms with Gasteiger partial charge < -0.3 is 5.73 Å². The van der Waals surface area contributed by atoms with E-state index in [0.29, 0.717) is 11.1 Å². The van der Waals surface area contributed by atoms with E-state index in [1.54, 1.807) is 24.3 Å². The third kappa shape index (κ3) is 2.92. The van der Waals surface area contributed by atoms with E-state index in [2.05, 4.69) is 22.7 Å². The van der Waals surface area contributed by atoms with Crippen LogP contribution in [0.2, 0.25) is 0 Å². The Morgan fingerprint density at radius 1 is 1.29 bits per heavy atom. The van der Waals surface area contributed by atoms with Crippen molar-refractivity contribution in [2.75, 3.05) is 0 Å². The Bertz CT molecular complexity index is 592. The highest BCUT2D eigenvalue weighted by molar-refractivity contribution is 7.80. The predicted molar refractivity (Wildman–Crippen MR) is 84.0 cm³/mol. The summed E-state index contributed by atoms with van der Waals surface area (Å²) in [4.78, 5) is 26.1. The number of fused-ring (bicyclic) bond motifs is 1. The second-order valence-corrected chi connectivity index (χ2v) is 5.45. The molecular formula is C14H16N4O2S. The second kappa shape index (κ2) is 6.01. The molecule has 0 spiro atoms. The van der Waals surface area contributed by atoms with Gasteiger partial charge in [-0.1, -0.05) is 26.0 Å². The third-order valence-corrected chi connectivity index (χ3v) is 3.30. The molecule has 110 valence electrons. The zero-order chi connectivity index (χ0) is 15.6. The standard InChI is InChI=1S/C14H16N4O2S/c1-8(2)11(7-16-17-14(15)21)18-12(19)9-5-3-4-6-10(9)13(18)20/h3-8,11H,1-2H3,(H3,15,17,21)/b16-7+. The summed E-state index contributed by atoms with van der Waals surface area (Å²) in [5.74, 6) is -0.615. The topological polar surface area (TPSA) is 87.8 Å². The van der Waals surface area contributed by atoms with Crippen molar-refractivity contribution in [2.24, 2.45) is 16.8 Å². The number of nitrogens with two attached hydrogens (primary N) is 1. The van der Waals surface area contributed by atoms with Crippen molar-refractivity contribution < 1.29 is 9.59 Å². The molecule has 0 saturated heterocycles. The first-order chi connectivity index (χ1) is 9.93. The van der Waals surface area contributed by atoms with E-state index < -0.39 is 6.04 Å². The van der Waals surface area contributed by atoms with Crippen molar-refractivity contribution >= 4 is 35.4 Å². The quantitative estimate of drug-likeness (QED) is 0.377. The van der Waals surface area contributed by atoms with Crippen LogP contribution >= 0.6 is 12.2 Å².